The summed E-state index contributed by atoms with van der Waals surface area (Å²) < 4.78 is 6.68. The van der Waals surface area contributed by atoms with E-state index in [1.165, 1.54) is 0 Å². The van der Waals surface area contributed by atoms with Crippen molar-refractivity contribution in [2.24, 2.45) is 0 Å². The largest absolute Gasteiger partial charge is 0.508 e. The van der Waals surface area contributed by atoms with Crippen LogP contribution in [0.3, 0.4) is 0 Å². The van der Waals surface area contributed by atoms with Crippen molar-refractivity contribution in [1.82, 2.24) is 19.6 Å². The average Bonchev–Trinajstić information content (AvgIpc) is 3.11. The molecule has 2 aromatic heterocycles. The summed E-state index contributed by atoms with van der Waals surface area (Å²) in [6.45, 7) is 7.00. The number of ether oxygens (including phenoxy) is 1. The van der Waals surface area contributed by atoms with Crippen molar-refractivity contribution in [2.75, 3.05) is 0 Å². The number of benzene rings is 1. The predicted octanol–water partition coefficient (Wildman–Crippen LogP) is 2.86. The van der Waals surface area contributed by atoms with Crippen molar-refractivity contribution in [1.29, 1.82) is 0 Å². The molecule has 0 atom stereocenters. The van der Waals surface area contributed by atoms with Gasteiger partial charge in [-0.1, -0.05) is 36.9 Å². The molecule has 0 saturated heterocycles. The normalized spacial score (nSPS) is 12.0. The first kappa shape index (κ1) is 19.0. The first-order chi connectivity index (χ1) is 13.5. The van der Waals surface area contributed by atoms with Crippen molar-refractivity contribution in [3.63, 3.8) is 0 Å². The number of hydrogen-bond acceptors (Lipinski definition) is 6. The fourth-order valence-electron chi connectivity index (χ4n) is 2.57. The van der Waals surface area contributed by atoms with Crippen molar-refractivity contribution in [2.45, 2.75) is 20.5 Å². The van der Waals surface area contributed by atoms with Crippen LogP contribution in [-0.4, -0.2) is 29.8 Å². The van der Waals surface area contributed by atoms with Crippen molar-refractivity contribution in [3.8, 4) is 17.2 Å². The molecule has 0 amide bonds. The number of allylic oxidation sites excluding steroid dienone is 5. The summed E-state index contributed by atoms with van der Waals surface area (Å²) >= 11 is 0. The first-order valence-corrected chi connectivity index (χ1v) is 8.54. The van der Waals surface area contributed by atoms with Crippen LogP contribution in [0.2, 0.25) is 0 Å². The highest BCUT2D eigenvalue weighted by Gasteiger charge is 2.17. The maximum atomic E-state index is 12.5. The fraction of sp³-hybridized carbons (Fsp3) is 0.150. The molecule has 0 fully saturated rings. The van der Waals surface area contributed by atoms with Crippen LogP contribution >= 0.6 is 0 Å². The number of aromatic hydroxyl groups is 2. The molecule has 0 saturated carbocycles. The third kappa shape index (κ3) is 3.52. The number of H-pyrrole nitrogens is 1. The summed E-state index contributed by atoms with van der Waals surface area (Å²) in [4.78, 5) is 21.0. The number of hydrogen-bond donors (Lipinski definition) is 3. The Labute approximate surface area is 160 Å². The molecule has 3 rings (SSSR count). The minimum atomic E-state index is -0.682. The van der Waals surface area contributed by atoms with Gasteiger partial charge in [0, 0.05) is 11.1 Å². The van der Waals surface area contributed by atoms with Crippen LogP contribution in [0, 0.1) is 6.92 Å². The molecule has 3 aromatic rings. The number of phenolic OH excluding ortho intramolecular Hbond substituents is 1. The summed E-state index contributed by atoms with van der Waals surface area (Å²) in [5, 5.41) is 22.8. The molecule has 28 heavy (non-hydrogen) atoms. The average molecular weight is 380 g/mol. The van der Waals surface area contributed by atoms with Gasteiger partial charge in [-0.15, -0.1) is 0 Å². The van der Waals surface area contributed by atoms with E-state index in [9.17, 15) is 15.0 Å². The molecule has 1 aromatic carbocycles. The van der Waals surface area contributed by atoms with Crippen LogP contribution in [0.1, 0.15) is 24.0 Å². The maximum absolute atomic E-state index is 12.5. The highest BCUT2D eigenvalue weighted by Crippen LogP contribution is 2.27. The maximum Gasteiger partial charge on any atom is 0.316 e. The van der Waals surface area contributed by atoms with Crippen LogP contribution in [0.25, 0.3) is 11.4 Å². The quantitative estimate of drug-likeness (QED) is 0.567. The standard InChI is InChI=1S/C20H20N4O4/c1-4-6-8-13(5-2)18-22-20-21-14(17(26)19(27)24(20)23-18)11-28-16-10-7-9-15(25)12(16)3/h4-10,25-26H,1,11H2,2-3H3,(H,21,22,23)/b8-6-,13-5+. The summed E-state index contributed by atoms with van der Waals surface area (Å²) in [5.74, 6) is 0.513. The van der Waals surface area contributed by atoms with Gasteiger partial charge in [0.05, 0.1) is 0 Å². The highest BCUT2D eigenvalue weighted by atomic mass is 16.5. The third-order valence-electron chi connectivity index (χ3n) is 4.16. The van der Waals surface area contributed by atoms with Gasteiger partial charge in [-0.2, -0.15) is 9.50 Å². The minimum Gasteiger partial charge on any atom is -0.508 e. The van der Waals surface area contributed by atoms with Gasteiger partial charge in [-0.05, 0) is 26.0 Å². The molecule has 2 heterocycles. The van der Waals surface area contributed by atoms with E-state index < -0.39 is 11.3 Å². The van der Waals surface area contributed by atoms with Gasteiger partial charge in [-0.25, -0.2) is 4.98 Å². The molecule has 8 nitrogen and oxygen atoms in total. The van der Waals surface area contributed by atoms with E-state index in [4.69, 9.17) is 4.74 Å². The molecular formula is C20H20N4O4. The molecule has 8 heteroatoms. The Morgan fingerprint density at radius 2 is 2.14 bits per heavy atom. The van der Waals surface area contributed by atoms with E-state index in [1.54, 1.807) is 43.4 Å². The lowest BCUT2D eigenvalue weighted by Gasteiger charge is -2.10. The SMILES string of the molecule is C=C/C=C\C(=C/C)c1nc2nc(COc3cccc(O)c3C)c(O)c(=O)n2[nH]1. The van der Waals surface area contributed by atoms with E-state index in [1.807, 2.05) is 13.0 Å². The fourth-order valence-corrected chi connectivity index (χ4v) is 2.57. The van der Waals surface area contributed by atoms with E-state index in [2.05, 4.69) is 21.6 Å². The minimum absolute atomic E-state index is 0.0504. The van der Waals surface area contributed by atoms with Crippen LogP contribution < -0.4 is 10.3 Å². The number of aromatic nitrogens is 4. The number of phenols is 1. The molecule has 0 aliphatic rings. The van der Waals surface area contributed by atoms with Gasteiger partial charge >= 0.3 is 5.56 Å². The van der Waals surface area contributed by atoms with Gasteiger partial charge < -0.3 is 14.9 Å². The second-order valence-corrected chi connectivity index (χ2v) is 5.95. The number of aromatic amines is 1. The van der Waals surface area contributed by atoms with Crippen LogP contribution in [0.4, 0.5) is 0 Å². The Bertz CT molecular complexity index is 1150. The van der Waals surface area contributed by atoms with Crippen molar-refractivity contribution < 1.29 is 14.9 Å². The Morgan fingerprint density at radius 3 is 2.86 bits per heavy atom. The second-order valence-electron chi connectivity index (χ2n) is 5.95. The monoisotopic (exact) mass is 380 g/mol. The number of fused-ring (bicyclic) bond motifs is 1. The summed E-state index contributed by atoms with van der Waals surface area (Å²) in [6, 6.07) is 4.86. The summed E-state index contributed by atoms with van der Waals surface area (Å²) in [7, 11) is 0. The lowest BCUT2D eigenvalue weighted by Crippen LogP contribution is -2.18. The van der Waals surface area contributed by atoms with E-state index in [0.717, 1.165) is 10.1 Å². The zero-order valence-electron chi connectivity index (χ0n) is 15.5. The molecular weight excluding hydrogens is 360 g/mol. The van der Waals surface area contributed by atoms with Gasteiger partial charge in [0.2, 0.25) is 5.75 Å². The number of rotatable bonds is 6. The molecule has 0 radical (unpaired) electrons. The topological polar surface area (TPSA) is 113 Å². The van der Waals surface area contributed by atoms with Crippen LogP contribution in [-0.2, 0) is 6.61 Å². The molecule has 0 unspecified atom stereocenters. The molecule has 0 aliphatic carbocycles. The Hall–Kier alpha value is -3.81. The third-order valence-corrected chi connectivity index (χ3v) is 4.16. The second kappa shape index (κ2) is 7.83. The molecule has 144 valence electrons. The first-order valence-electron chi connectivity index (χ1n) is 8.54. The van der Waals surface area contributed by atoms with E-state index in [-0.39, 0.29) is 23.8 Å². The zero-order valence-corrected chi connectivity index (χ0v) is 15.5. The molecule has 3 N–H and O–H groups in total. The molecule has 0 aliphatic heterocycles. The van der Waals surface area contributed by atoms with Gasteiger partial charge in [0.1, 0.15) is 23.8 Å². The van der Waals surface area contributed by atoms with Gasteiger partial charge in [0.15, 0.2) is 5.82 Å². The smallest absolute Gasteiger partial charge is 0.316 e. The predicted molar refractivity (Wildman–Crippen MR) is 105 cm³/mol. The molecule has 0 bridgehead atoms. The van der Waals surface area contributed by atoms with Crippen molar-refractivity contribution in [3.05, 3.63) is 76.5 Å². The van der Waals surface area contributed by atoms with Gasteiger partial charge in [-0.3, -0.25) is 9.89 Å². The Balaban J connectivity index is 1.97. The van der Waals surface area contributed by atoms with E-state index >= 15 is 0 Å². The van der Waals surface area contributed by atoms with Gasteiger partial charge in [0.25, 0.3) is 5.78 Å². The van der Waals surface area contributed by atoms with Crippen molar-refractivity contribution >= 4 is 11.4 Å². The van der Waals surface area contributed by atoms with Crippen LogP contribution in [0.5, 0.6) is 17.2 Å². The highest BCUT2D eigenvalue weighted by molar-refractivity contribution is 5.70. The Morgan fingerprint density at radius 1 is 1.36 bits per heavy atom. The molecule has 0 spiro atoms. The summed E-state index contributed by atoms with van der Waals surface area (Å²) in [5.41, 5.74) is 0.652. The zero-order chi connectivity index (χ0) is 20.3. The number of nitrogens with zero attached hydrogens (tertiary/aromatic N) is 3. The lowest BCUT2D eigenvalue weighted by molar-refractivity contribution is 0.288. The Kier molecular flexibility index (Phi) is 5.30. The van der Waals surface area contributed by atoms with Crippen LogP contribution in [0.15, 0.2) is 53.9 Å². The van der Waals surface area contributed by atoms with E-state index in [0.29, 0.717) is 17.1 Å². The summed E-state index contributed by atoms with van der Waals surface area (Å²) in [6.07, 6.45) is 6.97. The number of nitrogens with one attached hydrogen (secondary N) is 1. The lowest BCUT2D eigenvalue weighted by atomic mass is 10.2.